The lowest BCUT2D eigenvalue weighted by Crippen LogP contribution is -2.32. The Morgan fingerprint density at radius 3 is 2.50 bits per heavy atom. The highest BCUT2D eigenvalue weighted by atomic mass is 16.4. The summed E-state index contributed by atoms with van der Waals surface area (Å²) in [7, 11) is 0. The first-order valence-electron chi connectivity index (χ1n) is 6.37. The predicted octanol–water partition coefficient (Wildman–Crippen LogP) is 1.27. The molecule has 0 amide bonds. The molecule has 1 atom stereocenters. The smallest absolute Gasteiger partial charge is 0.326 e. The van der Waals surface area contributed by atoms with Crippen molar-refractivity contribution < 1.29 is 9.90 Å². The van der Waals surface area contributed by atoms with Crippen molar-refractivity contribution in [1.82, 2.24) is 15.2 Å². The van der Waals surface area contributed by atoms with E-state index in [9.17, 15) is 4.79 Å². The average molecular weight is 250 g/mol. The summed E-state index contributed by atoms with van der Waals surface area (Å²) in [5.74, 6) is -0.330. The summed E-state index contributed by atoms with van der Waals surface area (Å²) in [6, 6.07) is -0.594. The van der Waals surface area contributed by atoms with Crippen LogP contribution in [0.15, 0.2) is 0 Å². The van der Waals surface area contributed by atoms with E-state index in [0.717, 1.165) is 37.1 Å². The molecule has 1 aromatic heterocycles. The van der Waals surface area contributed by atoms with Crippen LogP contribution in [0, 0.1) is 5.92 Å². The highest BCUT2D eigenvalue weighted by Gasteiger charge is 2.36. The zero-order chi connectivity index (χ0) is 13.1. The van der Waals surface area contributed by atoms with Gasteiger partial charge in [0.25, 0.3) is 0 Å². The molecular formula is C12H18N4O2. The van der Waals surface area contributed by atoms with Crippen LogP contribution in [0.3, 0.4) is 0 Å². The maximum atomic E-state index is 11.1. The monoisotopic (exact) mass is 250 g/mol. The molecule has 0 aromatic carbocycles. The molecule has 2 rings (SSSR count). The summed E-state index contributed by atoms with van der Waals surface area (Å²) in [6.07, 6.45) is 3.46. The SMILES string of the molecule is CCc1nnc(NC(C(=O)O)C2CC2)nc1CC. The molecule has 6 nitrogen and oxygen atoms in total. The van der Waals surface area contributed by atoms with E-state index in [1.54, 1.807) is 0 Å². The summed E-state index contributed by atoms with van der Waals surface area (Å²) in [5.41, 5.74) is 1.76. The minimum absolute atomic E-state index is 0.196. The van der Waals surface area contributed by atoms with E-state index < -0.39 is 12.0 Å². The number of nitrogens with one attached hydrogen (secondary N) is 1. The van der Waals surface area contributed by atoms with E-state index in [-0.39, 0.29) is 5.92 Å². The molecule has 2 N–H and O–H groups in total. The van der Waals surface area contributed by atoms with Crippen LogP contribution < -0.4 is 5.32 Å². The van der Waals surface area contributed by atoms with Crippen molar-refractivity contribution in [1.29, 1.82) is 0 Å². The van der Waals surface area contributed by atoms with E-state index in [1.807, 2.05) is 13.8 Å². The van der Waals surface area contributed by atoms with Crippen LogP contribution in [0.1, 0.15) is 38.1 Å². The number of carboxylic acid groups (broad SMARTS) is 1. The lowest BCUT2D eigenvalue weighted by atomic mass is 10.2. The fourth-order valence-corrected chi connectivity index (χ4v) is 1.95. The lowest BCUT2D eigenvalue weighted by molar-refractivity contribution is -0.138. The molecule has 1 aliphatic rings. The standard InChI is InChI=1S/C12H18N4O2/c1-3-8-9(4-2)15-16-12(13-8)14-10(11(17)18)7-5-6-7/h7,10H,3-6H2,1-2H3,(H,17,18)(H,13,14,16). The van der Waals surface area contributed by atoms with Gasteiger partial charge in [-0.2, -0.15) is 5.10 Å². The molecule has 1 saturated carbocycles. The van der Waals surface area contributed by atoms with Crippen LogP contribution in [0.2, 0.25) is 0 Å². The minimum atomic E-state index is -0.848. The second-order valence-electron chi connectivity index (χ2n) is 4.53. The number of carboxylic acids is 1. The van der Waals surface area contributed by atoms with Crippen molar-refractivity contribution in [2.75, 3.05) is 5.32 Å². The molecule has 1 heterocycles. The quantitative estimate of drug-likeness (QED) is 0.790. The molecule has 0 spiro atoms. The molecule has 0 bridgehead atoms. The predicted molar refractivity (Wildman–Crippen MR) is 66.4 cm³/mol. The van der Waals surface area contributed by atoms with Crippen molar-refractivity contribution in [3.05, 3.63) is 11.4 Å². The Hall–Kier alpha value is -1.72. The number of rotatable bonds is 6. The second-order valence-corrected chi connectivity index (χ2v) is 4.53. The summed E-state index contributed by atoms with van der Waals surface area (Å²) in [5, 5.41) is 20.1. The largest absolute Gasteiger partial charge is 0.480 e. The van der Waals surface area contributed by atoms with Crippen molar-refractivity contribution in [2.45, 2.75) is 45.6 Å². The summed E-state index contributed by atoms with van der Waals surface area (Å²) in [4.78, 5) is 15.5. The molecule has 18 heavy (non-hydrogen) atoms. The third-order valence-electron chi connectivity index (χ3n) is 3.15. The fourth-order valence-electron chi connectivity index (χ4n) is 1.95. The number of nitrogens with zero attached hydrogens (tertiary/aromatic N) is 3. The molecule has 1 aliphatic carbocycles. The van der Waals surface area contributed by atoms with Gasteiger partial charge in [0.1, 0.15) is 6.04 Å². The Morgan fingerprint density at radius 2 is 2.00 bits per heavy atom. The average Bonchev–Trinajstić information content (AvgIpc) is 3.19. The van der Waals surface area contributed by atoms with Gasteiger partial charge in [-0.3, -0.25) is 0 Å². The van der Waals surface area contributed by atoms with E-state index in [1.165, 1.54) is 0 Å². The van der Waals surface area contributed by atoms with Gasteiger partial charge in [0, 0.05) is 0 Å². The van der Waals surface area contributed by atoms with Crippen LogP contribution in [0.4, 0.5) is 5.95 Å². The van der Waals surface area contributed by atoms with Crippen molar-refractivity contribution >= 4 is 11.9 Å². The van der Waals surface area contributed by atoms with E-state index in [0.29, 0.717) is 5.95 Å². The highest BCUT2D eigenvalue weighted by Crippen LogP contribution is 2.33. The van der Waals surface area contributed by atoms with Gasteiger partial charge in [-0.1, -0.05) is 13.8 Å². The Bertz CT molecular complexity index is 446. The fraction of sp³-hybridized carbons (Fsp3) is 0.667. The first-order chi connectivity index (χ1) is 8.65. The first kappa shape index (κ1) is 12.7. The van der Waals surface area contributed by atoms with Crippen molar-refractivity contribution in [3.8, 4) is 0 Å². The lowest BCUT2D eigenvalue weighted by Gasteiger charge is -2.14. The molecule has 0 radical (unpaired) electrons. The second kappa shape index (κ2) is 5.29. The summed E-state index contributed by atoms with van der Waals surface area (Å²) < 4.78 is 0. The van der Waals surface area contributed by atoms with Gasteiger partial charge in [0.2, 0.25) is 5.95 Å². The summed E-state index contributed by atoms with van der Waals surface area (Å²) in [6.45, 7) is 4.00. The Balaban J connectivity index is 2.15. The first-order valence-corrected chi connectivity index (χ1v) is 6.37. The van der Waals surface area contributed by atoms with Crippen LogP contribution in [0.5, 0.6) is 0 Å². The topological polar surface area (TPSA) is 88.0 Å². The minimum Gasteiger partial charge on any atom is -0.480 e. The zero-order valence-electron chi connectivity index (χ0n) is 10.7. The number of anilines is 1. The third kappa shape index (κ3) is 2.75. The number of carbonyl (C=O) groups is 1. The van der Waals surface area contributed by atoms with Gasteiger partial charge in [0.15, 0.2) is 0 Å². The third-order valence-corrected chi connectivity index (χ3v) is 3.15. The van der Waals surface area contributed by atoms with Gasteiger partial charge >= 0.3 is 5.97 Å². The van der Waals surface area contributed by atoms with Crippen LogP contribution in [-0.2, 0) is 17.6 Å². The molecule has 0 saturated heterocycles. The number of aryl methyl sites for hydroxylation is 2. The normalized spacial score (nSPS) is 16.3. The molecule has 1 fully saturated rings. The van der Waals surface area contributed by atoms with Gasteiger partial charge in [-0.05, 0) is 31.6 Å². The number of hydrogen-bond donors (Lipinski definition) is 2. The molecule has 1 unspecified atom stereocenters. The van der Waals surface area contributed by atoms with Crippen LogP contribution >= 0.6 is 0 Å². The van der Waals surface area contributed by atoms with Gasteiger partial charge in [0.05, 0.1) is 11.4 Å². The van der Waals surface area contributed by atoms with Gasteiger partial charge in [-0.25, -0.2) is 9.78 Å². The molecule has 98 valence electrons. The molecule has 0 aliphatic heterocycles. The van der Waals surface area contributed by atoms with E-state index in [2.05, 4.69) is 20.5 Å². The van der Waals surface area contributed by atoms with Crippen molar-refractivity contribution in [2.24, 2.45) is 5.92 Å². The number of hydrogen-bond acceptors (Lipinski definition) is 5. The maximum Gasteiger partial charge on any atom is 0.326 e. The summed E-state index contributed by atoms with van der Waals surface area (Å²) >= 11 is 0. The van der Waals surface area contributed by atoms with Crippen LogP contribution in [0.25, 0.3) is 0 Å². The molecule has 1 aromatic rings. The van der Waals surface area contributed by atoms with Gasteiger partial charge < -0.3 is 10.4 Å². The zero-order valence-corrected chi connectivity index (χ0v) is 10.7. The highest BCUT2D eigenvalue weighted by molar-refractivity contribution is 5.77. The Morgan fingerprint density at radius 1 is 1.33 bits per heavy atom. The van der Waals surface area contributed by atoms with E-state index >= 15 is 0 Å². The molecule has 6 heteroatoms. The number of aliphatic carboxylic acids is 1. The Kier molecular flexibility index (Phi) is 3.74. The Labute approximate surface area is 106 Å². The van der Waals surface area contributed by atoms with Crippen molar-refractivity contribution in [3.63, 3.8) is 0 Å². The maximum absolute atomic E-state index is 11.1. The van der Waals surface area contributed by atoms with Gasteiger partial charge in [-0.15, -0.1) is 5.10 Å². The van der Waals surface area contributed by atoms with Crippen LogP contribution in [-0.4, -0.2) is 32.3 Å². The van der Waals surface area contributed by atoms with E-state index in [4.69, 9.17) is 5.11 Å². The number of aromatic nitrogens is 3. The molecular weight excluding hydrogens is 232 g/mol.